The third kappa shape index (κ3) is 8.28. The van der Waals surface area contributed by atoms with Crippen molar-refractivity contribution >= 4 is 27.5 Å². The van der Waals surface area contributed by atoms with Crippen molar-refractivity contribution in [2.75, 3.05) is 25.1 Å². The second-order valence-corrected chi connectivity index (χ2v) is 12.5. The van der Waals surface area contributed by atoms with E-state index in [0.717, 1.165) is 27.4 Å². The molecule has 0 unspecified atom stereocenters. The van der Waals surface area contributed by atoms with Crippen LogP contribution in [0.25, 0.3) is 0 Å². The van der Waals surface area contributed by atoms with E-state index in [9.17, 15) is 18.0 Å². The van der Waals surface area contributed by atoms with E-state index in [2.05, 4.69) is 5.32 Å². The number of carbonyl (C=O) groups is 2. The van der Waals surface area contributed by atoms with Crippen LogP contribution in [-0.2, 0) is 26.2 Å². The molecule has 232 valence electrons. The minimum absolute atomic E-state index is 0.0396. The van der Waals surface area contributed by atoms with E-state index in [-0.39, 0.29) is 29.1 Å². The van der Waals surface area contributed by atoms with E-state index < -0.39 is 28.5 Å². The molecule has 2 atom stereocenters. The number of sulfonamides is 1. The predicted molar refractivity (Wildman–Crippen MR) is 169 cm³/mol. The van der Waals surface area contributed by atoms with Crippen molar-refractivity contribution in [1.29, 1.82) is 0 Å². The molecule has 3 aromatic carbocycles. The lowest BCUT2D eigenvalue weighted by molar-refractivity contribution is -0.140. The third-order valence-corrected chi connectivity index (χ3v) is 9.16. The minimum Gasteiger partial charge on any atom is -0.497 e. The van der Waals surface area contributed by atoms with Gasteiger partial charge in [0.25, 0.3) is 10.0 Å². The topological polar surface area (TPSA) is 105 Å². The first-order chi connectivity index (χ1) is 20.4. The number of aryl methyl sites for hydroxylation is 2. The Morgan fingerprint density at radius 2 is 1.49 bits per heavy atom. The molecule has 10 heteroatoms. The fourth-order valence-corrected chi connectivity index (χ4v) is 6.05. The summed E-state index contributed by atoms with van der Waals surface area (Å²) in [5, 5.41) is 2.99. The lowest BCUT2D eigenvalue weighted by Gasteiger charge is -2.34. The van der Waals surface area contributed by atoms with E-state index in [0.29, 0.717) is 17.9 Å². The summed E-state index contributed by atoms with van der Waals surface area (Å²) < 4.78 is 40.2. The molecule has 0 heterocycles. The van der Waals surface area contributed by atoms with E-state index in [4.69, 9.17) is 9.47 Å². The molecular formula is C33H43N3O6S. The summed E-state index contributed by atoms with van der Waals surface area (Å²) in [6, 6.07) is 17.9. The SMILES string of the molecule is CC[C@@H](C)NC(=O)[C@@H](CC)N(Cc1ccc(OC)cc1)C(=O)CN(c1cc(C)ccc1OC)S(=O)(=O)c1ccc(C)cc1. The molecule has 3 rings (SSSR count). The number of hydrogen-bond acceptors (Lipinski definition) is 6. The molecule has 43 heavy (non-hydrogen) atoms. The van der Waals surface area contributed by atoms with Crippen LogP contribution in [0, 0.1) is 13.8 Å². The fraction of sp³-hybridized carbons (Fsp3) is 0.394. The van der Waals surface area contributed by atoms with Gasteiger partial charge in [-0.15, -0.1) is 0 Å². The summed E-state index contributed by atoms with van der Waals surface area (Å²) in [4.78, 5) is 29.3. The van der Waals surface area contributed by atoms with Crippen LogP contribution in [0.1, 0.15) is 50.3 Å². The van der Waals surface area contributed by atoms with Gasteiger partial charge in [-0.2, -0.15) is 0 Å². The van der Waals surface area contributed by atoms with Gasteiger partial charge in [0.05, 0.1) is 24.8 Å². The lowest BCUT2D eigenvalue weighted by Crippen LogP contribution is -2.53. The normalized spacial score (nSPS) is 12.6. The molecule has 1 N–H and O–H groups in total. The van der Waals surface area contributed by atoms with Crippen molar-refractivity contribution in [3.63, 3.8) is 0 Å². The van der Waals surface area contributed by atoms with Crippen LogP contribution in [0.15, 0.2) is 71.6 Å². The van der Waals surface area contributed by atoms with Gasteiger partial charge in [0, 0.05) is 12.6 Å². The Morgan fingerprint density at radius 3 is 2.05 bits per heavy atom. The number of anilines is 1. The molecule has 0 aliphatic rings. The molecule has 9 nitrogen and oxygen atoms in total. The molecule has 0 aliphatic heterocycles. The number of hydrogen-bond donors (Lipinski definition) is 1. The second-order valence-electron chi connectivity index (χ2n) is 10.6. The highest BCUT2D eigenvalue weighted by Crippen LogP contribution is 2.34. The van der Waals surface area contributed by atoms with Crippen LogP contribution in [0.4, 0.5) is 5.69 Å². The molecule has 0 spiro atoms. The fourth-order valence-electron chi connectivity index (χ4n) is 4.63. The first-order valence-corrected chi connectivity index (χ1v) is 15.9. The number of benzene rings is 3. The number of nitrogens with zero attached hydrogens (tertiary/aromatic N) is 2. The zero-order chi connectivity index (χ0) is 31.7. The van der Waals surface area contributed by atoms with E-state index in [1.54, 1.807) is 43.5 Å². The summed E-state index contributed by atoms with van der Waals surface area (Å²) in [7, 11) is -1.19. The number of rotatable bonds is 14. The average molecular weight is 610 g/mol. The Hall–Kier alpha value is -4.05. The van der Waals surface area contributed by atoms with Crippen molar-refractivity contribution in [1.82, 2.24) is 10.2 Å². The maximum Gasteiger partial charge on any atom is 0.264 e. The van der Waals surface area contributed by atoms with Gasteiger partial charge in [-0.05, 0) is 81.1 Å². The van der Waals surface area contributed by atoms with Gasteiger partial charge in [-0.1, -0.05) is 49.7 Å². The Labute approximate surface area is 255 Å². The summed E-state index contributed by atoms with van der Waals surface area (Å²) in [6.45, 7) is 8.96. The summed E-state index contributed by atoms with van der Waals surface area (Å²) in [6.07, 6.45) is 1.06. The van der Waals surface area contributed by atoms with Crippen molar-refractivity contribution in [2.45, 2.75) is 71.0 Å². The summed E-state index contributed by atoms with van der Waals surface area (Å²) in [5.74, 6) is 0.142. The van der Waals surface area contributed by atoms with Crippen LogP contribution in [0.3, 0.4) is 0 Å². The summed E-state index contributed by atoms with van der Waals surface area (Å²) >= 11 is 0. The van der Waals surface area contributed by atoms with Gasteiger partial charge in [0.1, 0.15) is 24.1 Å². The molecular weight excluding hydrogens is 566 g/mol. The van der Waals surface area contributed by atoms with Crippen LogP contribution in [-0.4, -0.2) is 58.0 Å². The number of carbonyl (C=O) groups excluding carboxylic acids is 2. The molecule has 0 fully saturated rings. The van der Waals surface area contributed by atoms with Crippen molar-refractivity contribution in [3.05, 3.63) is 83.4 Å². The largest absolute Gasteiger partial charge is 0.497 e. The molecule has 0 aromatic heterocycles. The highest BCUT2D eigenvalue weighted by atomic mass is 32.2. The van der Waals surface area contributed by atoms with Gasteiger partial charge in [-0.25, -0.2) is 8.42 Å². The number of amides is 2. The quantitative estimate of drug-likeness (QED) is 0.268. The molecule has 0 aliphatic carbocycles. The summed E-state index contributed by atoms with van der Waals surface area (Å²) in [5.41, 5.74) is 2.70. The molecule has 0 bridgehead atoms. The van der Waals surface area contributed by atoms with Gasteiger partial charge < -0.3 is 19.7 Å². The van der Waals surface area contributed by atoms with Crippen LogP contribution < -0.4 is 19.1 Å². The maximum absolute atomic E-state index is 14.3. The second kappa shape index (κ2) is 14.9. The van der Waals surface area contributed by atoms with Gasteiger partial charge in [0.2, 0.25) is 11.8 Å². The first-order valence-electron chi connectivity index (χ1n) is 14.4. The van der Waals surface area contributed by atoms with Crippen molar-refractivity contribution in [3.8, 4) is 11.5 Å². The monoisotopic (exact) mass is 609 g/mol. The van der Waals surface area contributed by atoms with Crippen LogP contribution >= 0.6 is 0 Å². The molecule has 2 amide bonds. The number of methoxy groups -OCH3 is 2. The van der Waals surface area contributed by atoms with Gasteiger partial charge in [-0.3, -0.25) is 13.9 Å². The number of nitrogens with one attached hydrogen (secondary N) is 1. The average Bonchev–Trinajstić information content (AvgIpc) is 2.99. The Morgan fingerprint density at radius 1 is 0.860 bits per heavy atom. The lowest BCUT2D eigenvalue weighted by atomic mass is 10.1. The van der Waals surface area contributed by atoms with Crippen LogP contribution in [0.5, 0.6) is 11.5 Å². The smallest absolute Gasteiger partial charge is 0.264 e. The van der Waals surface area contributed by atoms with E-state index in [1.807, 2.05) is 52.8 Å². The Bertz CT molecular complexity index is 1490. The third-order valence-electron chi connectivity index (χ3n) is 7.39. The van der Waals surface area contributed by atoms with Crippen molar-refractivity contribution < 1.29 is 27.5 Å². The van der Waals surface area contributed by atoms with Gasteiger partial charge in [0.15, 0.2) is 0 Å². The molecule has 0 saturated heterocycles. The van der Waals surface area contributed by atoms with E-state index in [1.165, 1.54) is 24.1 Å². The minimum atomic E-state index is -4.22. The van der Waals surface area contributed by atoms with Gasteiger partial charge >= 0.3 is 0 Å². The zero-order valence-electron chi connectivity index (χ0n) is 26.1. The molecule has 0 saturated carbocycles. The highest BCUT2D eigenvalue weighted by Gasteiger charge is 2.35. The maximum atomic E-state index is 14.3. The number of ether oxygens (including phenoxy) is 2. The molecule has 3 aromatic rings. The highest BCUT2D eigenvalue weighted by molar-refractivity contribution is 7.92. The predicted octanol–water partition coefficient (Wildman–Crippen LogP) is 5.24. The van der Waals surface area contributed by atoms with Crippen LogP contribution in [0.2, 0.25) is 0 Å². The van der Waals surface area contributed by atoms with Crippen molar-refractivity contribution in [2.24, 2.45) is 0 Å². The molecule has 0 radical (unpaired) electrons. The van der Waals surface area contributed by atoms with E-state index >= 15 is 0 Å². The zero-order valence-corrected chi connectivity index (χ0v) is 26.9. The Kier molecular flexibility index (Phi) is 11.6. The Balaban J connectivity index is 2.12. The standard InChI is InChI=1S/C33H43N3O6S/c1-8-25(5)34-33(38)29(9-2)35(21-26-13-15-27(41-6)16-14-26)32(37)22-36(30-20-24(4)12-19-31(30)42-7)43(39,40)28-17-10-23(3)11-18-28/h10-20,25,29H,8-9,21-22H2,1-7H3,(H,34,38)/t25-,29-/m1/s1. The first kappa shape index (κ1) is 33.5.